The highest BCUT2D eigenvalue weighted by Crippen LogP contribution is 2.23. The van der Waals surface area contributed by atoms with Gasteiger partial charge in [0.15, 0.2) is 0 Å². The molecule has 9 heteroatoms. The standard InChI is InChI=1S/C15H9N5O4/c1-8-11(6-16-15-17-7-18-19(8)15)14(23)24-20-12(21)9-4-2-3-5-10(9)13(20)22/h2-7H,1H3. The molecule has 3 aromatic rings. The third-order valence-electron chi connectivity index (χ3n) is 3.70. The Hall–Kier alpha value is -3.62. The summed E-state index contributed by atoms with van der Waals surface area (Å²) in [6.45, 7) is 1.63. The van der Waals surface area contributed by atoms with Gasteiger partial charge in [0, 0.05) is 6.20 Å². The van der Waals surface area contributed by atoms with Gasteiger partial charge in [0.25, 0.3) is 17.6 Å². The van der Waals surface area contributed by atoms with Crippen molar-refractivity contribution in [2.75, 3.05) is 0 Å². The van der Waals surface area contributed by atoms with Gasteiger partial charge in [0.05, 0.1) is 16.8 Å². The maximum Gasteiger partial charge on any atom is 0.367 e. The van der Waals surface area contributed by atoms with Crippen molar-refractivity contribution >= 4 is 23.6 Å². The second-order valence-electron chi connectivity index (χ2n) is 5.06. The second-order valence-corrected chi connectivity index (χ2v) is 5.06. The number of imide groups is 1. The van der Waals surface area contributed by atoms with Gasteiger partial charge in [-0.1, -0.05) is 17.2 Å². The molecule has 2 amide bonds. The minimum atomic E-state index is -0.882. The predicted molar refractivity (Wildman–Crippen MR) is 77.9 cm³/mol. The molecule has 0 aliphatic carbocycles. The van der Waals surface area contributed by atoms with Crippen LogP contribution in [-0.2, 0) is 4.84 Å². The molecule has 118 valence electrons. The topological polar surface area (TPSA) is 107 Å². The lowest BCUT2D eigenvalue weighted by molar-refractivity contribution is -0.0585. The molecule has 4 rings (SSSR count). The van der Waals surface area contributed by atoms with Crippen LogP contribution in [0.3, 0.4) is 0 Å². The van der Waals surface area contributed by atoms with Crippen LogP contribution in [0, 0.1) is 6.92 Å². The Balaban J connectivity index is 1.66. The fourth-order valence-corrected chi connectivity index (χ4v) is 2.47. The van der Waals surface area contributed by atoms with E-state index in [1.165, 1.54) is 29.2 Å². The number of hydrogen-bond acceptors (Lipinski definition) is 7. The summed E-state index contributed by atoms with van der Waals surface area (Å²) < 4.78 is 1.36. The summed E-state index contributed by atoms with van der Waals surface area (Å²) in [5.41, 5.74) is 0.886. The van der Waals surface area contributed by atoms with Gasteiger partial charge in [-0.05, 0) is 19.1 Å². The number of fused-ring (bicyclic) bond motifs is 2. The molecule has 0 N–H and O–H groups in total. The lowest BCUT2D eigenvalue weighted by Gasteiger charge is -2.13. The summed E-state index contributed by atoms with van der Waals surface area (Å²) in [6.07, 6.45) is 2.56. The van der Waals surface area contributed by atoms with Crippen LogP contribution < -0.4 is 0 Å². The summed E-state index contributed by atoms with van der Waals surface area (Å²) >= 11 is 0. The Labute approximate surface area is 134 Å². The number of hydrogen-bond donors (Lipinski definition) is 0. The van der Waals surface area contributed by atoms with E-state index >= 15 is 0 Å². The molecule has 3 heterocycles. The first-order valence-corrected chi connectivity index (χ1v) is 6.93. The molecule has 0 fully saturated rings. The van der Waals surface area contributed by atoms with Crippen molar-refractivity contribution in [1.82, 2.24) is 24.6 Å². The van der Waals surface area contributed by atoms with E-state index in [9.17, 15) is 14.4 Å². The molecule has 1 aliphatic heterocycles. The maximum atomic E-state index is 12.4. The normalized spacial score (nSPS) is 13.5. The number of carbonyl (C=O) groups excluding carboxylic acids is 3. The molecular formula is C15H9N5O4. The molecule has 24 heavy (non-hydrogen) atoms. The van der Waals surface area contributed by atoms with E-state index in [-0.39, 0.29) is 16.7 Å². The third kappa shape index (κ3) is 1.88. The van der Waals surface area contributed by atoms with E-state index in [4.69, 9.17) is 4.84 Å². The molecule has 9 nitrogen and oxygen atoms in total. The van der Waals surface area contributed by atoms with Gasteiger partial charge in [-0.15, -0.1) is 0 Å². The molecule has 0 saturated carbocycles. The van der Waals surface area contributed by atoms with Crippen molar-refractivity contribution in [3.8, 4) is 0 Å². The van der Waals surface area contributed by atoms with Gasteiger partial charge in [0.1, 0.15) is 11.9 Å². The van der Waals surface area contributed by atoms with Gasteiger partial charge in [-0.2, -0.15) is 10.1 Å². The van der Waals surface area contributed by atoms with E-state index in [0.717, 1.165) is 0 Å². The quantitative estimate of drug-likeness (QED) is 0.642. The van der Waals surface area contributed by atoms with Gasteiger partial charge in [-0.25, -0.2) is 14.3 Å². The average molecular weight is 323 g/mol. The molecule has 0 atom stereocenters. The van der Waals surface area contributed by atoms with Crippen LogP contribution in [0.15, 0.2) is 36.8 Å². The van der Waals surface area contributed by atoms with E-state index in [1.807, 2.05) is 0 Å². The smallest absolute Gasteiger partial charge is 0.324 e. The summed E-state index contributed by atoms with van der Waals surface area (Å²) in [5, 5.41) is 4.40. The molecular weight excluding hydrogens is 314 g/mol. The van der Waals surface area contributed by atoms with Gasteiger partial charge in [0.2, 0.25) is 0 Å². The number of benzene rings is 1. The number of carbonyl (C=O) groups is 3. The van der Waals surface area contributed by atoms with Crippen LogP contribution in [0.5, 0.6) is 0 Å². The first-order valence-electron chi connectivity index (χ1n) is 6.93. The molecule has 1 aromatic carbocycles. The molecule has 2 aromatic heterocycles. The van der Waals surface area contributed by atoms with E-state index in [2.05, 4.69) is 15.1 Å². The van der Waals surface area contributed by atoms with E-state index in [0.29, 0.717) is 16.5 Å². The number of amides is 2. The zero-order valence-corrected chi connectivity index (χ0v) is 12.3. The van der Waals surface area contributed by atoms with Crippen LogP contribution in [0.1, 0.15) is 36.8 Å². The van der Waals surface area contributed by atoms with Crippen LogP contribution in [-0.4, -0.2) is 42.4 Å². The third-order valence-corrected chi connectivity index (χ3v) is 3.70. The minimum absolute atomic E-state index is 0.0737. The molecule has 0 bridgehead atoms. The molecule has 0 unspecified atom stereocenters. The molecule has 0 saturated heterocycles. The van der Waals surface area contributed by atoms with E-state index < -0.39 is 17.8 Å². The molecule has 1 aliphatic rings. The Morgan fingerprint density at radius 2 is 1.75 bits per heavy atom. The number of nitrogens with zero attached hydrogens (tertiary/aromatic N) is 5. The number of aryl methyl sites for hydroxylation is 1. The van der Waals surface area contributed by atoms with Crippen LogP contribution in [0.4, 0.5) is 0 Å². The van der Waals surface area contributed by atoms with Gasteiger partial charge >= 0.3 is 5.97 Å². The first-order chi connectivity index (χ1) is 11.6. The van der Waals surface area contributed by atoms with Crippen molar-refractivity contribution < 1.29 is 19.2 Å². The lowest BCUT2D eigenvalue weighted by atomic mass is 10.1. The lowest BCUT2D eigenvalue weighted by Crippen LogP contribution is -2.33. The summed E-state index contributed by atoms with van der Waals surface area (Å²) in [5.74, 6) is -1.93. The fourth-order valence-electron chi connectivity index (χ4n) is 2.47. The number of rotatable bonds is 2. The average Bonchev–Trinajstić information content (AvgIpc) is 3.15. The number of hydroxylamine groups is 2. The molecule has 0 spiro atoms. The predicted octanol–water partition coefficient (Wildman–Crippen LogP) is 0.801. The van der Waals surface area contributed by atoms with Crippen molar-refractivity contribution in [3.63, 3.8) is 0 Å². The van der Waals surface area contributed by atoms with Crippen LogP contribution in [0.25, 0.3) is 5.78 Å². The summed E-state index contributed by atoms with van der Waals surface area (Å²) in [4.78, 5) is 49.7. The van der Waals surface area contributed by atoms with Crippen LogP contribution in [0.2, 0.25) is 0 Å². The maximum absolute atomic E-state index is 12.4. The monoisotopic (exact) mass is 323 g/mol. The van der Waals surface area contributed by atoms with Crippen molar-refractivity contribution in [1.29, 1.82) is 0 Å². The SMILES string of the molecule is Cc1c(C(=O)ON2C(=O)c3ccccc3C2=O)cnc2ncnn12. The highest BCUT2D eigenvalue weighted by Gasteiger charge is 2.39. The minimum Gasteiger partial charge on any atom is -0.324 e. The Bertz CT molecular complexity index is 991. The highest BCUT2D eigenvalue weighted by atomic mass is 16.7. The first kappa shape index (κ1) is 14.0. The van der Waals surface area contributed by atoms with Crippen molar-refractivity contribution in [2.24, 2.45) is 0 Å². The summed E-state index contributed by atoms with van der Waals surface area (Å²) in [7, 11) is 0. The Kier molecular flexibility index (Phi) is 2.89. The summed E-state index contributed by atoms with van der Waals surface area (Å²) in [6, 6.07) is 6.25. The fraction of sp³-hybridized carbons (Fsp3) is 0.0667. The number of aromatic nitrogens is 4. The van der Waals surface area contributed by atoms with Gasteiger partial charge < -0.3 is 4.84 Å². The Morgan fingerprint density at radius 3 is 2.42 bits per heavy atom. The van der Waals surface area contributed by atoms with Gasteiger partial charge in [-0.3, -0.25) is 9.59 Å². The van der Waals surface area contributed by atoms with Crippen LogP contribution >= 0.6 is 0 Å². The zero-order chi connectivity index (χ0) is 16.8. The van der Waals surface area contributed by atoms with Crippen molar-refractivity contribution in [2.45, 2.75) is 6.92 Å². The Morgan fingerprint density at radius 1 is 1.08 bits per heavy atom. The zero-order valence-electron chi connectivity index (χ0n) is 12.3. The molecule has 0 radical (unpaired) electrons. The second kappa shape index (κ2) is 4.95. The highest BCUT2D eigenvalue weighted by molar-refractivity contribution is 6.21. The van der Waals surface area contributed by atoms with Crippen molar-refractivity contribution in [3.05, 3.63) is 59.2 Å². The van der Waals surface area contributed by atoms with E-state index in [1.54, 1.807) is 19.1 Å². The largest absolute Gasteiger partial charge is 0.367 e.